The van der Waals surface area contributed by atoms with Gasteiger partial charge in [0.1, 0.15) is 17.3 Å². The van der Waals surface area contributed by atoms with Crippen molar-refractivity contribution in [1.29, 1.82) is 0 Å². The largest absolute Gasteiger partial charge is 0.389 e. The number of hydrogen-bond acceptors (Lipinski definition) is 4. The van der Waals surface area contributed by atoms with Crippen molar-refractivity contribution in [1.82, 2.24) is 0 Å². The minimum atomic E-state index is -1.43. The summed E-state index contributed by atoms with van der Waals surface area (Å²) in [6.07, 6.45) is 0.721. The van der Waals surface area contributed by atoms with Crippen molar-refractivity contribution in [3.05, 3.63) is 35.4 Å². The Labute approximate surface area is 136 Å². The second kappa shape index (κ2) is 6.36. The SMILES string of the molecule is CCc1ccc([C@H]2[C@H](C(C)=O)C(=O)C[C@@](C)(O)[C@@H]2C(C)=O)cc1. The van der Waals surface area contributed by atoms with Gasteiger partial charge in [-0.1, -0.05) is 31.2 Å². The molecule has 0 aromatic heterocycles. The lowest BCUT2D eigenvalue weighted by Gasteiger charge is -2.44. The van der Waals surface area contributed by atoms with Gasteiger partial charge in [0, 0.05) is 12.3 Å². The molecule has 1 aliphatic carbocycles. The van der Waals surface area contributed by atoms with Gasteiger partial charge >= 0.3 is 0 Å². The van der Waals surface area contributed by atoms with Crippen molar-refractivity contribution in [3.63, 3.8) is 0 Å². The molecule has 4 nitrogen and oxygen atoms in total. The normalized spacial score (nSPS) is 31.0. The number of aryl methyl sites for hydroxylation is 1. The highest BCUT2D eigenvalue weighted by molar-refractivity contribution is 6.05. The average molecular weight is 316 g/mol. The molecule has 1 N–H and O–H groups in total. The van der Waals surface area contributed by atoms with Crippen molar-refractivity contribution >= 4 is 17.3 Å². The summed E-state index contributed by atoms with van der Waals surface area (Å²) in [7, 11) is 0. The zero-order valence-electron chi connectivity index (χ0n) is 14.1. The Hall–Kier alpha value is -1.81. The van der Waals surface area contributed by atoms with E-state index in [1.54, 1.807) is 0 Å². The van der Waals surface area contributed by atoms with Crippen molar-refractivity contribution in [2.75, 3.05) is 0 Å². The van der Waals surface area contributed by atoms with E-state index < -0.39 is 23.4 Å². The van der Waals surface area contributed by atoms with E-state index in [1.807, 2.05) is 31.2 Å². The standard InChI is InChI=1S/C19H24O4/c1-5-13-6-8-14(9-7-13)17-16(11(2)20)15(22)10-19(4,23)18(17)12(3)21/h6-9,16-18,23H,5,10H2,1-4H3/t16-,17+,18-,19-/m1/s1. The van der Waals surface area contributed by atoms with Gasteiger partial charge in [-0.2, -0.15) is 0 Å². The molecule has 0 radical (unpaired) electrons. The van der Waals surface area contributed by atoms with Crippen LogP contribution in [-0.4, -0.2) is 28.1 Å². The van der Waals surface area contributed by atoms with Gasteiger partial charge < -0.3 is 5.11 Å². The zero-order valence-corrected chi connectivity index (χ0v) is 14.1. The molecule has 4 heteroatoms. The Balaban J connectivity index is 2.58. The fourth-order valence-electron chi connectivity index (χ4n) is 3.88. The second-order valence-electron chi connectivity index (χ2n) is 6.80. The minimum absolute atomic E-state index is 0.162. The first kappa shape index (κ1) is 17.5. The molecule has 0 heterocycles. The van der Waals surface area contributed by atoms with Crippen molar-refractivity contribution < 1.29 is 19.5 Å². The molecule has 124 valence electrons. The van der Waals surface area contributed by atoms with Crippen LogP contribution in [0.5, 0.6) is 0 Å². The highest BCUT2D eigenvalue weighted by Crippen LogP contribution is 2.46. The fraction of sp³-hybridized carbons (Fsp3) is 0.526. The molecule has 1 fully saturated rings. The number of carbonyl (C=O) groups is 3. The van der Waals surface area contributed by atoms with Crippen molar-refractivity contribution in [2.24, 2.45) is 11.8 Å². The van der Waals surface area contributed by atoms with Gasteiger partial charge in [0.15, 0.2) is 0 Å². The number of aliphatic hydroxyl groups is 1. The molecule has 2 rings (SSSR count). The van der Waals surface area contributed by atoms with Crippen molar-refractivity contribution in [3.8, 4) is 0 Å². The maximum absolute atomic E-state index is 12.4. The van der Waals surface area contributed by atoms with E-state index in [2.05, 4.69) is 0 Å². The minimum Gasteiger partial charge on any atom is -0.389 e. The van der Waals surface area contributed by atoms with Gasteiger partial charge in [-0.3, -0.25) is 14.4 Å². The third-order valence-corrected chi connectivity index (χ3v) is 4.92. The van der Waals surface area contributed by atoms with Gasteiger partial charge in [0.2, 0.25) is 0 Å². The lowest BCUT2D eigenvalue weighted by molar-refractivity contribution is -0.151. The third-order valence-electron chi connectivity index (χ3n) is 4.92. The van der Waals surface area contributed by atoms with E-state index in [0.29, 0.717) is 0 Å². The Morgan fingerprint density at radius 2 is 1.74 bits per heavy atom. The van der Waals surface area contributed by atoms with E-state index in [4.69, 9.17) is 0 Å². The zero-order chi connectivity index (χ0) is 17.4. The topological polar surface area (TPSA) is 71.4 Å². The lowest BCUT2D eigenvalue weighted by Crippen LogP contribution is -2.53. The molecule has 4 atom stereocenters. The monoisotopic (exact) mass is 316 g/mol. The van der Waals surface area contributed by atoms with E-state index >= 15 is 0 Å². The second-order valence-corrected chi connectivity index (χ2v) is 6.80. The maximum Gasteiger partial charge on any atom is 0.146 e. The van der Waals surface area contributed by atoms with E-state index in [0.717, 1.165) is 17.5 Å². The van der Waals surface area contributed by atoms with Gasteiger partial charge in [-0.25, -0.2) is 0 Å². The summed E-state index contributed by atoms with van der Waals surface area (Å²) in [6, 6.07) is 7.61. The summed E-state index contributed by atoms with van der Waals surface area (Å²) >= 11 is 0. The number of ketones is 3. The fourth-order valence-corrected chi connectivity index (χ4v) is 3.88. The third kappa shape index (κ3) is 3.27. The molecule has 0 unspecified atom stereocenters. The number of hydrogen-bond donors (Lipinski definition) is 1. The predicted molar refractivity (Wildman–Crippen MR) is 87.2 cm³/mol. The average Bonchev–Trinajstić information content (AvgIpc) is 2.44. The van der Waals surface area contributed by atoms with Crippen LogP contribution in [0.4, 0.5) is 0 Å². The number of Topliss-reactive ketones (excluding diaryl/α,β-unsaturated/α-hetero) is 3. The molecule has 1 aliphatic rings. The first-order valence-corrected chi connectivity index (χ1v) is 8.04. The van der Waals surface area contributed by atoms with E-state index in [-0.39, 0.29) is 23.8 Å². The van der Waals surface area contributed by atoms with Crippen LogP contribution < -0.4 is 0 Å². The highest BCUT2D eigenvalue weighted by Gasteiger charge is 2.53. The highest BCUT2D eigenvalue weighted by atomic mass is 16.3. The van der Waals surface area contributed by atoms with Crippen LogP contribution in [0.1, 0.15) is 51.2 Å². The van der Waals surface area contributed by atoms with E-state index in [9.17, 15) is 19.5 Å². The molecule has 0 amide bonds. The summed E-state index contributed by atoms with van der Waals surface area (Å²) in [6.45, 7) is 6.36. The van der Waals surface area contributed by atoms with Crippen LogP contribution in [0.3, 0.4) is 0 Å². The Kier molecular flexibility index (Phi) is 4.85. The van der Waals surface area contributed by atoms with Crippen LogP contribution in [0.25, 0.3) is 0 Å². The van der Waals surface area contributed by atoms with Crippen LogP contribution in [0.2, 0.25) is 0 Å². The first-order chi connectivity index (χ1) is 10.7. The summed E-state index contributed by atoms with van der Waals surface area (Å²) in [4.78, 5) is 36.7. The first-order valence-electron chi connectivity index (χ1n) is 8.04. The van der Waals surface area contributed by atoms with Crippen LogP contribution in [0, 0.1) is 11.8 Å². The Morgan fingerprint density at radius 3 is 2.17 bits per heavy atom. The molecule has 0 bridgehead atoms. The number of rotatable bonds is 4. The lowest BCUT2D eigenvalue weighted by atomic mass is 9.60. The molecular formula is C19H24O4. The predicted octanol–water partition coefficient (Wildman–Crippen LogP) is 2.47. The molecule has 0 saturated heterocycles. The Morgan fingerprint density at radius 1 is 1.17 bits per heavy atom. The number of benzene rings is 1. The van der Waals surface area contributed by atoms with Crippen molar-refractivity contribution in [2.45, 2.75) is 52.1 Å². The van der Waals surface area contributed by atoms with E-state index in [1.165, 1.54) is 20.8 Å². The quantitative estimate of drug-likeness (QED) is 0.866. The molecule has 0 aliphatic heterocycles. The smallest absolute Gasteiger partial charge is 0.146 e. The Bertz CT molecular complexity index is 627. The van der Waals surface area contributed by atoms with Crippen LogP contribution >= 0.6 is 0 Å². The van der Waals surface area contributed by atoms with Crippen LogP contribution in [0.15, 0.2) is 24.3 Å². The summed E-state index contributed by atoms with van der Waals surface area (Å²) < 4.78 is 0. The molecule has 1 aromatic carbocycles. The molecular weight excluding hydrogens is 292 g/mol. The van der Waals surface area contributed by atoms with Gasteiger partial charge in [-0.05, 0) is 38.3 Å². The molecule has 1 aromatic rings. The van der Waals surface area contributed by atoms with Crippen LogP contribution in [-0.2, 0) is 20.8 Å². The van der Waals surface area contributed by atoms with Gasteiger partial charge in [0.25, 0.3) is 0 Å². The summed E-state index contributed by atoms with van der Waals surface area (Å²) in [5.74, 6) is -2.96. The van der Waals surface area contributed by atoms with Gasteiger partial charge in [-0.15, -0.1) is 0 Å². The summed E-state index contributed by atoms with van der Waals surface area (Å²) in [5.41, 5.74) is 0.473. The number of carbonyl (C=O) groups excluding carboxylic acids is 3. The molecule has 0 spiro atoms. The van der Waals surface area contributed by atoms with Gasteiger partial charge in [0.05, 0.1) is 17.4 Å². The molecule has 1 saturated carbocycles. The molecule has 23 heavy (non-hydrogen) atoms. The summed E-state index contributed by atoms with van der Waals surface area (Å²) in [5, 5.41) is 10.7. The maximum atomic E-state index is 12.4.